The minimum atomic E-state index is -0.0932. The van der Waals surface area contributed by atoms with Crippen molar-refractivity contribution in [2.24, 2.45) is 11.8 Å². The minimum absolute atomic E-state index is 0.0770. The Morgan fingerprint density at radius 1 is 1.21 bits per heavy atom. The monoisotopic (exact) mass is 268 g/mol. The van der Waals surface area contributed by atoms with Crippen molar-refractivity contribution in [2.75, 3.05) is 26.7 Å². The Kier molecular flexibility index (Phi) is 5.22. The number of nitrogens with one attached hydrogen (secondary N) is 1. The van der Waals surface area contributed by atoms with Gasteiger partial charge in [-0.25, -0.2) is 0 Å². The molecule has 0 saturated carbocycles. The summed E-state index contributed by atoms with van der Waals surface area (Å²) in [4.78, 5) is 14.2. The number of rotatable bonds is 3. The Morgan fingerprint density at radius 3 is 2.47 bits per heavy atom. The number of piperidine rings is 2. The molecule has 0 aliphatic carbocycles. The summed E-state index contributed by atoms with van der Waals surface area (Å²) in [6.07, 6.45) is 4.74. The lowest BCUT2D eigenvalue weighted by molar-refractivity contribution is -0.144. The number of hydrogen-bond acceptors (Lipinski definition) is 4. The Bertz CT molecular complexity index is 299. The number of nitrogens with zero attached hydrogens (tertiary/aromatic N) is 1. The van der Waals surface area contributed by atoms with Gasteiger partial charge in [-0.2, -0.15) is 0 Å². The van der Waals surface area contributed by atoms with Crippen LogP contribution in [0.25, 0.3) is 0 Å². The minimum Gasteiger partial charge on any atom is -0.468 e. The van der Waals surface area contributed by atoms with Gasteiger partial charge in [0.2, 0.25) is 0 Å². The molecule has 2 unspecified atom stereocenters. The van der Waals surface area contributed by atoms with Gasteiger partial charge in [-0.05, 0) is 71.0 Å². The van der Waals surface area contributed by atoms with E-state index in [-0.39, 0.29) is 12.0 Å². The number of carbonyl (C=O) groups is 1. The maximum absolute atomic E-state index is 11.6. The standard InChI is InChI=1S/C15H28N2O2/c1-11(2)17-8-5-12(6-9-17)13-4-7-16-14(10-13)15(18)19-3/h11-14,16H,4-10H2,1-3H3. The van der Waals surface area contributed by atoms with E-state index in [1.165, 1.54) is 39.5 Å². The number of methoxy groups -OCH3 is 1. The Morgan fingerprint density at radius 2 is 1.89 bits per heavy atom. The van der Waals surface area contributed by atoms with Crippen LogP contribution in [-0.4, -0.2) is 49.7 Å². The van der Waals surface area contributed by atoms with E-state index < -0.39 is 0 Å². The molecular formula is C15H28N2O2. The summed E-state index contributed by atoms with van der Waals surface area (Å²) in [5, 5.41) is 3.28. The molecule has 110 valence electrons. The zero-order chi connectivity index (χ0) is 13.8. The Balaban J connectivity index is 1.84. The molecule has 0 aromatic carbocycles. The van der Waals surface area contributed by atoms with Gasteiger partial charge in [0.15, 0.2) is 0 Å². The van der Waals surface area contributed by atoms with E-state index in [1.807, 2.05) is 0 Å². The zero-order valence-electron chi connectivity index (χ0n) is 12.5. The fourth-order valence-electron chi connectivity index (χ4n) is 3.60. The molecule has 0 spiro atoms. The summed E-state index contributed by atoms with van der Waals surface area (Å²) >= 11 is 0. The predicted molar refractivity (Wildman–Crippen MR) is 76.0 cm³/mol. The van der Waals surface area contributed by atoms with Crippen molar-refractivity contribution in [3.8, 4) is 0 Å². The SMILES string of the molecule is COC(=O)C1CC(C2CCN(C(C)C)CC2)CCN1. The fourth-order valence-corrected chi connectivity index (χ4v) is 3.60. The van der Waals surface area contributed by atoms with Gasteiger partial charge in [-0.3, -0.25) is 4.79 Å². The van der Waals surface area contributed by atoms with Gasteiger partial charge in [0.05, 0.1) is 7.11 Å². The van der Waals surface area contributed by atoms with Crippen molar-refractivity contribution in [1.82, 2.24) is 10.2 Å². The number of ether oxygens (including phenoxy) is 1. The first kappa shape index (κ1) is 14.8. The van der Waals surface area contributed by atoms with Crippen molar-refractivity contribution < 1.29 is 9.53 Å². The van der Waals surface area contributed by atoms with Crippen LogP contribution in [0.2, 0.25) is 0 Å². The van der Waals surface area contributed by atoms with Crippen molar-refractivity contribution >= 4 is 5.97 Å². The molecule has 1 N–H and O–H groups in total. The van der Waals surface area contributed by atoms with Crippen LogP contribution in [0.1, 0.15) is 39.5 Å². The lowest BCUT2D eigenvalue weighted by atomic mass is 9.77. The van der Waals surface area contributed by atoms with Crippen LogP contribution in [0, 0.1) is 11.8 Å². The zero-order valence-corrected chi connectivity index (χ0v) is 12.5. The topological polar surface area (TPSA) is 41.6 Å². The van der Waals surface area contributed by atoms with Crippen LogP contribution in [0.15, 0.2) is 0 Å². The lowest BCUT2D eigenvalue weighted by Gasteiger charge is -2.40. The van der Waals surface area contributed by atoms with E-state index in [1.54, 1.807) is 0 Å². The third-order valence-corrected chi connectivity index (χ3v) is 4.90. The van der Waals surface area contributed by atoms with E-state index in [9.17, 15) is 4.79 Å². The molecule has 0 aromatic rings. The average molecular weight is 268 g/mol. The highest BCUT2D eigenvalue weighted by atomic mass is 16.5. The third-order valence-electron chi connectivity index (χ3n) is 4.90. The highest BCUT2D eigenvalue weighted by Gasteiger charge is 2.33. The normalized spacial score (nSPS) is 30.5. The molecule has 0 amide bonds. The second kappa shape index (κ2) is 6.71. The molecule has 2 rings (SSSR count). The average Bonchev–Trinajstić information content (AvgIpc) is 2.46. The summed E-state index contributed by atoms with van der Waals surface area (Å²) in [5.74, 6) is 1.40. The first-order chi connectivity index (χ1) is 9.11. The van der Waals surface area contributed by atoms with Gasteiger partial charge in [0.25, 0.3) is 0 Å². The third kappa shape index (κ3) is 3.69. The van der Waals surface area contributed by atoms with Gasteiger partial charge < -0.3 is 15.0 Å². The van der Waals surface area contributed by atoms with Crippen LogP contribution < -0.4 is 5.32 Å². The molecule has 19 heavy (non-hydrogen) atoms. The summed E-state index contributed by atoms with van der Waals surface area (Å²) < 4.78 is 4.86. The number of esters is 1. The molecule has 2 heterocycles. The van der Waals surface area contributed by atoms with Crippen LogP contribution >= 0.6 is 0 Å². The molecule has 4 nitrogen and oxygen atoms in total. The smallest absolute Gasteiger partial charge is 0.322 e. The number of hydrogen-bond donors (Lipinski definition) is 1. The molecule has 2 aliphatic heterocycles. The largest absolute Gasteiger partial charge is 0.468 e. The second-order valence-electron chi connectivity index (χ2n) is 6.28. The first-order valence-electron chi connectivity index (χ1n) is 7.67. The first-order valence-corrected chi connectivity index (χ1v) is 7.67. The van der Waals surface area contributed by atoms with Gasteiger partial charge in [0.1, 0.15) is 6.04 Å². The highest BCUT2D eigenvalue weighted by Crippen LogP contribution is 2.33. The summed E-state index contributed by atoms with van der Waals surface area (Å²) in [5.41, 5.74) is 0. The molecule has 2 aliphatic rings. The van der Waals surface area contributed by atoms with E-state index in [4.69, 9.17) is 4.74 Å². The van der Waals surface area contributed by atoms with Crippen molar-refractivity contribution in [1.29, 1.82) is 0 Å². The molecule has 2 fully saturated rings. The molecule has 4 heteroatoms. The molecular weight excluding hydrogens is 240 g/mol. The molecule has 0 bridgehead atoms. The van der Waals surface area contributed by atoms with E-state index in [0.29, 0.717) is 12.0 Å². The lowest BCUT2D eigenvalue weighted by Crippen LogP contribution is -2.47. The van der Waals surface area contributed by atoms with Crippen molar-refractivity contribution in [3.63, 3.8) is 0 Å². The van der Waals surface area contributed by atoms with Crippen molar-refractivity contribution in [3.05, 3.63) is 0 Å². The molecule has 0 radical (unpaired) electrons. The fraction of sp³-hybridized carbons (Fsp3) is 0.933. The summed E-state index contributed by atoms with van der Waals surface area (Å²) in [7, 11) is 1.48. The van der Waals surface area contributed by atoms with Crippen LogP contribution in [-0.2, 0) is 9.53 Å². The quantitative estimate of drug-likeness (QED) is 0.790. The predicted octanol–water partition coefficient (Wildman–Crippen LogP) is 1.65. The molecule has 0 aromatic heterocycles. The maximum atomic E-state index is 11.6. The second-order valence-corrected chi connectivity index (χ2v) is 6.28. The van der Waals surface area contributed by atoms with Crippen LogP contribution in [0.4, 0.5) is 0 Å². The van der Waals surface area contributed by atoms with E-state index >= 15 is 0 Å². The van der Waals surface area contributed by atoms with E-state index in [2.05, 4.69) is 24.1 Å². The van der Waals surface area contributed by atoms with Gasteiger partial charge in [0, 0.05) is 6.04 Å². The summed E-state index contributed by atoms with van der Waals surface area (Å²) in [6, 6.07) is 0.587. The van der Waals surface area contributed by atoms with Crippen molar-refractivity contribution in [2.45, 2.75) is 51.6 Å². The van der Waals surface area contributed by atoms with Gasteiger partial charge >= 0.3 is 5.97 Å². The van der Waals surface area contributed by atoms with Crippen LogP contribution in [0.3, 0.4) is 0 Å². The summed E-state index contributed by atoms with van der Waals surface area (Å²) in [6.45, 7) is 7.94. The number of carbonyl (C=O) groups excluding carboxylic acids is 1. The van der Waals surface area contributed by atoms with Crippen LogP contribution in [0.5, 0.6) is 0 Å². The molecule has 2 atom stereocenters. The molecule has 2 saturated heterocycles. The number of likely N-dealkylation sites (tertiary alicyclic amines) is 1. The van der Waals surface area contributed by atoms with Gasteiger partial charge in [-0.15, -0.1) is 0 Å². The Hall–Kier alpha value is -0.610. The van der Waals surface area contributed by atoms with E-state index in [0.717, 1.165) is 18.9 Å². The highest BCUT2D eigenvalue weighted by molar-refractivity contribution is 5.75. The van der Waals surface area contributed by atoms with Gasteiger partial charge in [-0.1, -0.05) is 0 Å². The Labute approximate surface area is 116 Å². The maximum Gasteiger partial charge on any atom is 0.322 e.